The fraction of sp³-hybridized carbons (Fsp3) is 0.600. The second-order valence-electron chi connectivity index (χ2n) is 5.67. The van der Waals surface area contributed by atoms with Gasteiger partial charge >= 0.3 is 5.97 Å². The minimum Gasteiger partial charge on any atom is -0.469 e. The highest BCUT2D eigenvalue weighted by molar-refractivity contribution is 5.98. The van der Waals surface area contributed by atoms with Crippen LogP contribution in [0.15, 0.2) is 22.8 Å². The second-order valence-corrected chi connectivity index (χ2v) is 5.67. The Morgan fingerprint density at radius 3 is 2.60 bits per heavy atom. The topological polar surface area (TPSA) is 68.5 Å². The Labute approximate surface area is 119 Å². The number of esters is 1. The van der Waals surface area contributed by atoms with E-state index in [-0.39, 0.29) is 12.5 Å². The number of hydrogen-bond donors (Lipinski definition) is 1. The molecule has 112 valence electrons. The third-order valence-corrected chi connectivity index (χ3v) is 2.90. The quantitative estimate of drug-likeness (QED) is 0.641. The van der Waals surface area contributed by atoms with Gasteiger partial charge in [-0.1, -0.05) is 20.8 Å². The fourth-order valence-electron chi connectivity index (χ4n) is 1.95. The summed E-state index contributed by atoms with van der Waals surface area (Å²) in [5.74, 6) is -0.786. The van der Waals surface area contributed by atoms with E-state index in [9.17, 15) is 9.59 Å². The van der Waals surface area contributed by atoms with Gasteiger partial charge in [-0.25, -0.2) is 0 Å². The highest BCUT2D eigenvalue weighted by Gasteiger charge is 2.38. The first-order valence-corrected chi connectivity index (χ1v) is 6.83. The van der Waals surface area contributed by atoms with E-state index < -0.39 is 17.3 Å². The first-order chi connectivity index (χ1) is 9.36. The van der Waals surface area contributed by atoms with Gasteiger partial charge in [0.25, 0.3) is 0 Å². The van der Waals surface area contributed by atoms with Crippen LogP contribution in [0.3, 0.4) is 0 Å². The number of hydrogen-bond acceptors (Lipinski definition) is 4. The smallest absolute Gasteiger partial charge is 0.319 e. The van der Waals surface area contributed by atoms with Crippen molar-refractivity contribution in [1.82, 2.24) is 5.32 Å². The number of carbonyl (C=O) groups is 2. The SMILES string of the molecule is CCOC(=O)C(C(=O)NCCc1ccco1)C(C)(C)C. The van der Waals surface area contributed by atoms with Crippen LogP contribution in [0.25, 0.3) is 0 Å². The Bertz CT molecular complexity index is 431. The zero-order valence-corrected chi connectivity index (χ0v) is 12.6. The summed E-state index contributed by atoms with van der Waals surface area (Å²) in [7, 11) is 0. The van der Waals surface area contributed by atoms with Crippen LogP contribution in [0.5, 0.6) is 0 Å². The number of furan rings is 1. The van der Waals surface area contributed by atoms with Gasteiger partial charge in [0.2, 0.25) is 5.91 Å². The number of ether oxygens (including phenoxy) is 1. The van der Waals surface area contributed by atoms with Crippen molar-refractivity contribution in [2.24, 2.45) is 11.3 Å². The molecule has 0 bridgehead atoms. The van der Waals surface area contributed by atoms with Crippen LogP contribution in [0.2, 0.25) is 0 Å². The lowest BCUT2D eigenvalue weighted by molar-refractivity contribution is -0.156. The molecule has 0 aliphatic carbocycles. The van der Waals surface area contributed by atoms with Crippen molar-refractivity contribution in [2.45, 2.75) is 34.1 Å². The normalized spacial score (nSPS) is 12.8. The number of amides is 1. The Hall–Kier alpha value is -1.78. The van der Waals surface area contributed by atoms with Gasteiger partial charge in [0.1, 0.15) is 11.7 Å². The van der Waals surface area contributed by atoms with Gasteiger partial charge in [-0.05, 0) is 24.5 Å². The van der Waals surface area contributed by atoms with E-state index in [2.05, 4.69) is 5.32 Å². The molecule has 5 nitrogen and oxygen atoms in total. The molecular weight excluding hydrogens is 258 g/mol. The molecule has 1 aromatic rings. The van der Waals surface area contributed by atoms with Gasteiger partial charge < -0.3 is 14.5 Å². The van der Waals surface area contributed by atoms with E-state index in [1.807, 2.05) is 26.8 Å². The molecule has 1 amide bonds. The summed E-state index contributed by atoms with van der Waals surface area (Å²) in [5.41, 5.74) is -0.485. The first-order valence-electron chi connectivity index (χ1n) is 6.83. The zero-order valence-electron chi connectivity index (χ0n) is 12.6. The van der Waals surface area contributed by atoms with E-state index in [1.54, 1.807) is 19.3 Å². The highest BCUT2D eigenvalue weighted by atomic mass is 16.5. The van der Waals surface area contributed by atoms with E-state index >= 15 is 0 Å². The Morgan fingerprint density at radius 1 is 1.40 bits per heavy atom. The van der Waals surface area contributed by atoms with Crippen molar-refractivity contribution in [3.05, 3.63) is 24.2 Å². The maximum atomic E-state index is 12.2. The Kier molecular flexibility index (Phi) is 5.80. The third-order valence-electron chi connectivity index (χ3n) is 2.90. The van der Waals surface area contributed by atoms with Gasteiger partial charge in [-0.15, -0.1) is 0 Å². The van der Waals surface area contributed by atoms with Gasteiger partial charge in [0.15, 0.2) is 0 Å². The Morgan fingerprint density at radius 2 is 2.10 bits per heavy atom. The van der Waals surface area contributed by atoms with Crippen molar-refractivity contribution < 1.29 is 18.7 Å². The molecule has 5 heteroatoms. The van der Waals surface area contributed by atoms with Crippen LogP contribution in [0.4, 0.5) is 0 Å². The van der Waals surface area contributed by atoms with Crippen molar-refractivity contribution >= 4 is 11.9 Å². The van der Waals surface area contributed by atoms with E-state index in [0.717, 1.165) is 5.76 Å². The maximum Gasteiger partial charge on any atom is 0.319 e. The lowest BCUT2D eigenvalue weighted by Gasteiger charge is -2.27. The Balaban J connectivity index is 2.57. The molecule has 1 aromatic heterocycles. The summed E-state index contributed by atoms with van der Waals surface area (Å²) in [6.45, 7) is 7.97. The molecule has 0 saturated carbocycles. The van der Waals surface area contributed by atoms with Crippen LogP contribution in [0.1, 0.15) is 33.5 Å². The van der Waals surface area contributed by atoms with Gasteiger partial charge in [0.05, 0.1) is 12.9 Å². The molecule has 1 atom stereocenters. The minimum atomic E-state index is -0.806. The molecule has 1 N–H and O–H groups in total. The van der Waals surface area contributed by atoms with E-state index in [4.69, 9.17) is 9.15 Å². The zero-order chi connectivity index (χ0) is 15.2. The van der Waals surface area contributed by atoms with E-state index in [0.29, 0.717) is 13.0 Å². The fourth-order valence-corrected chi connectivity index (χ4v) is 1.95. The van der Waals surface area contributed by atoms with Crippen LogP contribution >= 0.6 is 0 Å². The molecule has 20 heavy (non-hydrogen) atoms. The van der Waals surface area contributed by atoms with Crippen LogP contribution in [-0.2, 0) is 20.7 Å². The summed E-state index contributed by atoms with van der Waals surface area (Å²) < 4.78 is 10.2. The summed E-state index contributed by atoms with van der Waals surface area (Å²) in [5, 5.41) is 2.77. The average Bonchev–Trinajstić information content (AvgIpc) is 2.80. The molecule has 0 aromatic carbocycles. The van der Waals surface area contributed by atoms with Crippen LogP contribution in [-0.4, -0.2) is 25.0 Å². The van der Waals surface area contributed by atoms with Crippen LogP contribution in [0, 0.1) is 11.3 Å². The molecule has 1 unspecified atom stereocenters. The summed E-state index contributed by atoms with van der Waals surface area (Å²) >= 11 is 0. The number of carbonyl (C=O) groups excluding carboxylic acids is 2. The third kappa shape index (κ3) is 4.72. The van der Waals surface area contributed by atoms with Crippen molar-refractivity contribution in [3.63, 3.8) is 0 Å². The molecule has 1 heterocycles. The van der Waals surface area contributed by atoms with Crippen molar-refractivity contribution in [1.29, 1.82) is 0 Å². The van der Waals surface area contributed by atoms with Gasteiger partial charge in [-0.3, -0.25) is 9.59 Å². The largest absolute Gasteiger partial charge is 0.469 e. The van der Waals surface area contributed by atoms with Crippen LogP contribution < -0.4 is 5.32 Å². The summed E-state index contributed by atoms with van der Waals surface area (Å²) in [6, 6.07) is 3.65. The number of rotatable bonds is 6. The molecule has 0 radical (unpaired) electrons. The molecule has 0 aliphatic rings. The lowest BCUT2D eigenvalue weighted by atomic mass is 9.80. The molecule has 0 spiro atoms. The monoisotopic (exact) mass is 281 g/mol. The predicted octanol–water partition coefficient (Wildman–Crippen LogP) is 2.16. The van der Waals surface area contributed by atoms with Gasteiger partial charge in [0, 0.05) is 13.0 Å². The maximum absolute atomic E-state index is 12.2. The first kappa shape index (κ1) is 16.3. The molecular formula is C15H23NO4. The minimum absolute atomic E-state index is 0.269. The standard InChI is InChI=1S/C15H23NO4/c1-5-19-14(18)12(15(2,3)4)13(17)16-9-8-11-7-6-10-20-11/h6-7,10,12H,5,8-9H2,1-4H3,(H,16,17). The lowest BCUT2D eigenvalue weighted by Crippen LogP contribution is -2.44. The predicted molar refractivity (Wildman–Crippen MR) is 75.0 cm³/mol. The highest BCUT2D eigenvalue weighted by Crippen LogP contribution is 2.27. The second kappa shape index (κ2) is 7.12. The summed E-state index contributed by atoms with van der Waals surface area (Å²) in [6.07, 6.45) is 2.19. The number of nitrogens with one attached hydrogen (secondary N) is 1. The summed E-state index contributed by atoms with van der Waals surface area (Å²) in [4.78, 5) is 24.1. The van der Waals surface area contributed by atoms with Crippen molar-refractivity contribution in [2.75, 3.05) is 13.2 Å². The molecule has 0 fully saturated rings. The molecule has 1 rings (SSSR count). The molecule has 0 saturated heterocycles. The van der Waals surface area contributed by atoms with Crippen molar-refractivity contribution in [3.8, 4) is 0 Å². The molecule has 0 aliphatic heterocycles. The average molecular weight is 281 g/mol. The van der Waals surface area contributed by atoms with Gasteiger partial charge in [-0.2, -0.15) is 0 Å². The van der Waals surface area contributed by atoms with E-state index in [1.165, 1.54) is 0 Å².